The molecule has 1 aliphatic heterocycles. The third-order valence-corrected chi connectivity index (χ3v) is 3.48. The molecule has 1 aliphatic rings. The minimum Gasteiger partial charge on any atom is -0.366 e. The van der Waals surface area contributed by atoms with Crippen LogP contribution in [0.2, 0.25) is 0 Å². The van der Waals surface area contributed by atoms with Crippen molar-refractivity contribution in [2.75, 3.05) is 24.5 Å². The van der Waals surface area contributed by atoms with Gasteiger partial charge in [0.1, 0.15) is 0 Å². The molecule has 1 aromatic rings. The summed E-state index contributed by atoms with van der Waals surface area (Å²) in [6.07, 6.45) is 0. The molecule has 1 fully saturated rings. The predicted octanol–water partition coefficient (Wildman–Crippen LogP) is 2.61. The molecule has 0 N–H and O–H groups in total. The minimum atomic E-state index is 0.610. The molecule has 1 heterocycles. The highest BCUT2D eigenvalue weighted by atomic mass is 15.3. The van der Waals surface area contributed by atoms with Gasteiger partial charge in [0.05, 0.1) is 0 Å². The number of hydrogen-bond acceptors (Lipinski definition) is 2. The molecule has 0 aromatic heterocycles. The summed E-state index contributed by atoms with van der Waals surface area (Å²) in [6.45, 7) is 10.4. The van der Waals surface area contributed by atoms with Crippen molar-refractivity contribution in [2.45, 2.75) is 32.9 Å². The molecule has 2 nitrogen and oxygen atoms in total. The number of benzene rings is 1. The molecule has 0 saturated carbocycles. The van der Waals surface area contributed by atoms with E-state index in [1.165, 1.54) is 18.8 Å². The van der Waals surface area contributed by atoms with Gasteiger partial charge in [0.2, 0.25) is 0 Å². The molecule has 0 spiro atoms. The Balaban J connectivity index is 2.05. The predicted molar refractivity (Wildman–Crippen MR) is 70.0 cm³/mol. The van der Waals surface area contributed by atoms with E-state index < -0.39 is 0 Å². The van der Waals surface area contributed by atoms with E-state index in [0.29, 0.717) is 12.1 Å². The number of rotatable bonds is 2. The molecule has 1 unspecified atom stereocenters. The number of piperazine rings is 1. The second-order valence-electron chi connectivity index (χ2n) is 4.97. The van der Waals surface area contributed by atoms with E-state index >= 15 is 0 Å². The number of nitrogens with zero attached hydrogens (tertiary/aromatic N) is 2. The molecule has 0 amide bonds. The van der Waals surface area contributed by atoms with Gasteiger partial charge in [-0.2, -0.15) is 0 Å². The first kappa shape index (κ1) is 11.5. The molecule has 2 heteroatoms. The van der Waals surface area contributed by atoms with Gasteiger partial charge >= 0.3 is 0 Å². The maximum atomic E-state index is 2.56. The zero-order valence-electron chi connectivity index (χ0n) is 10.6. The van der Waals surface area contributed by atoms with Crippen LogP contribution in [0.25, 0.3) is 0 Å². The Kier molecular flexibility index (Phi) is 3.49. The van der Waals surface area contributed by atoms with Crippen molar-refractivity contribution >= 4 is 5.69 Å². The highest BCUT2D eigenvalue weighted by Crippen LogP contribution is 2.20. The van der Waals surface area contributed by atoms with Crippen molar-refractivity contribution in [1.29, 1.82) is 0 Å². The molecule has 0 aliphatic carbocycles. The summed E-state index contributed by atoms with van der Waals surface area (Å²) in [5.41, 5.74) is 1.36. The average Bonchev–Trinajstić information content (AvgIpc) is 2.30. The Bertz CT molecular complexity index is 321. The lowest BCUT2D eigenvalue weighted by Gasteiger charge is -2.43. The summed E-state index contributed by atoms with van der Waals surface area (Å²) in [6, 6.07) is 12.0. The molecule has 1 saturated heterocycles. The van der Waals surface area contributed by atoms with Gasteiger partial charge in [-0.3, -0.25) is 4.90 Å². The molecule has 0 radical (unpaired) electrons. The summed E-state index contributed by atoms with van der Waals surface area (Å²) < 4.78 is 0. The quantitative estimate of drug-likeness (QED) is 0.753. The lowest BCUT2D eigenvalue weighted by molar-refractivity contribution is 0.185. The fraction of sp³-hybridized carbons (Fsp3) is 0.571. The van der Waals surface area contributed by atoms with Gasteiger partial charge in [-0.05, 0) is 32.9 Å². The molecule has 88 valence electrons. The smallest absolute Gasteiger partial charge is 0.0389 e. The standard InChI is InChI=1S/C14H22N2/c1-12(2)15-9-10-16(13(3)11-15)14-7-5-4-6-8-14/h4-8,12-13H,9-11H2,1-3H3. The molecular weight excluding hydrogens is 196 g/mol. The largest absolute Gasteiger partial charge is 0.366 e. The average molecular weight is 218 g/mol. The van der Waals surface area contributed by atoms with Gasteiger partial charge in [-0.25, -0.2) is 0 Å². The zero-order valence-corrected chi connectivity index (χ0v) is 10.6. The van der Waals surface area contributed by atoms with Crippen LogP contribution in [0.15, 0.2) is 30.3 Å². The van der Waals surface area contributed by atoms with Crippen LogP contribution in [0.3, 0.4) is 0 Å². The summed E-state index contributed by atoms with van der Waals surface area (Å²) in [7, 11) is 0. The van der Waals surface area contributed by atoms with E-state index in [0.717, 1.165) is 6.54 Å². The van der Waals surface area contributed by atoms with Crippen LogP contribution in [-0.2, 0) is 0 Å². The normalized spacial score (nSPS) is 22.8. The van der Waals surface area contributed by atoms with Crippen LogP contribution < -0.4 is 4.90 Å². The third-order valence-electron chi connectivity index (χ3n) is 3.48. The lowest BCUT2D eigenvalue weighted by atomic mass is 10.1. The third kappa shape index (κ3) is 2.38. The van der Waals surface area contributed by atoms with Crippen LogP contribution in [-0.4, -0.2) is 36.6 Å². The highest BCUT2D eigenvalue weighted by molar-refractivity contribution is 5.47. The summed E-state index contributed by atoms with van der Waals surface area (Å²) in [5.74, 6) is 0. The number of anilines is 1. The summed E-state index contributed by atoms with van der Waals surface area (Å²) >= 11 is 0. The Morgan fingerprint density at radius 1 is 1.12 bits per heavy atom. The van der Waals surface area contributed by atoms with Gasteiger partial charge in [0, 0.05) is 37.4 Å². The fourth-order valence-corrected chi connectivity index (χ4v) is 2.46. The fourth-order valence-electron chi connectivity index (χ4n) is 2.46. The number of para-hydroxylation sites is 1. The van der Waals surface area contributed by atoms with Crippen molar-refractivity contribution in [3.63, 3.8) is 0 Å². The SMILES string of the molecule is CC(C)N1CCN(c2ccccc2)C(C)C1. The van der Waals surface area contributed by atoms with E-state index in [2.05, 4.69) is 60.9 Å². The first-order valence-corrected chi connectivity index (χ1v) is 6.24. The Hall–Kier alpha value is -1.02. The van der Waals surface area contributed by atoms with Crippen LogP contribution in [0.1, 0.15) is 20.8 Å². The topological polar surface area (TPSA) is 6.48 Å². The van der Waals surface area contributed by atoms with Crippen molar-refractivity contribution in [3.05, 3.63) is 30.3 Å². The molecule has 1 aromatic carbocycles. The molecular formula is C14H22N2. The monoisotopic (exact) mass is 218 g/mol. The van der Waals surface area contributed by atoms with Crippen molar-refractivity contribution in [1.82, 2.24) is 4.90 Å². The first-order chi connectivity index (χ1) is 7.68. The van der Waals surface area contributed by atoms with Crippen molar-refractivity contribution in [2.24, 2.45) is 0 Å². The highest BCUT2D eigenvalue weighted by Gasteiger charge is 2.24. The van der Waals surface area contributed by atoms with E-state index in [1.54, 1.807) is 0 Å². The van der Waals surface area contributed by atoms with Crippen LogP contribution in [0, 0.1) is 0 Å². The second-order valence-corrected chi connectivity index (χ2v) is 4.97. The Morgan fingerprint density at radius 2 is 1.81 bits per heavy atom. The van der Waals surface area contributed by atoms with Crippen molar-refractivity contribution in [3.8, 4) is 0 Å². The van der Waals surface area contributed by atoms with Crippen LogP contribution in [0.5, 0.6) is 0 Å². The maximum absolute atomic E-state index is 2.56. The van der Waals surface area contributed by atoms with Gasteiger partial charge in [0.15, 0.2) is 0 Å². The minimum absolute atomic E-state index is 0.610. The van der Waals surface area contributed by atoms with Crippen LogP contribution >= 0.6 is 0 Å². The van der Waals surface area contributed by atoms with E-state index in [1.807, 2.05) is 0 Å². The number of hydrogen-bond donors (Lipinski definition) is 0. The van der Waals surface area contributed by atoms with Gasteiger partial charge in [-0.15, -0.1) is 0 Å². The van der Waals surface area contributed by atoms with Gasteiger partial charge in [-0.1, -0.05) is 18.2 Å². The maximum Gasteiger partial charge on any atom is 0.0389 e. The van der Waals surface area contributed by atoms with E-state index in [-0.39, 0.29) is 0 Å². The van der Waals surface area contributed by atoms with E-state index in [4.69, 9.17) is 0 Å². The Morgan fingerprint density at radius 3 is 2.38 bits per heavy atom. The Labute approximate surface area is 98.9 Å². The summed E-state index contributed by atoms with van der Waals surface area (Å²) in [5, 5.41) is 0. The molecule has 2 rings (SSSR count). The molecule has 0 bridgehead atoms. The zero-order chi connectivity index (χ0) is 11.5. The second kappa shape index (κ2) is 4.88. The van der Waals surface area contributed by atoms with Crippen LogP contribution in [0.4, 0.5) is 5.69 Å². The van der Waals surface area contributed by atoms with Gasteiger partial charge in [0.25, 0.3) is 0 Å². The van der Waals surface area contributed by atoms with Gasteiger partial charge < -0.3 is 4.90 Å². The molecule has 1 atom stereocenters. The summed E-state index contributed by atoms with van der Waals surface area (Å²) in [4.78, 5) is 5.07. The lowest BCUT2D eigenvalue weighted by Crippen LogP contribution is -2.53. The van der Waals surface area contributed by atoms with Crippen molar-refractivity contribution < 1.29 is 0 Å². The first-order valence-electron chi connectivity index (χ1n) is 6.24. The molecule has 16 heavy (non-hydrogen) atoms. The van der Waals surface area contributed by atoms with E-state index in [9.17, 15) is 0 Å².